The normalized spacial score (nSPS) is 18.3. The molecule has 0 aliphatic carbocycles. The van der Waals surface area contributed by atoms with Gasteiger partial charge in [0, 0.05) is 12.1 Å². The van der Waals surface area contributed by atoms with Crippen molar-refractivity contribution in [3.8, 4) is 11.5 Å². The van der Waals surface area contributed by atoms with Gasteiger partial charge >= 0.3 is 0 Å². The first-order valence-electron chi connectivity index (χ1n) is 8.53. The number of aromatic nitrogens is 2. The van der Waals surface area contributed by atoms with E-state index in [2.05, 4.69) is 10.1 Å². The molecule has 3 aromatic rings. The highest BCUT2D eigenvalue weighted by atomic mass is 32.2. The third-order valence-electron chi connectivity index (χ3n) is 4.59. The largest absolute Gasteiger partial charge is 0.334 e. The Kier molecular flexibility index (Phi) is 4.34. The molecule has 1 saturated heterocycles. The van der Waals surface area contributed by atoms with Crippen molar-refractivity contribution in [3.05, 3.63) is 66.0 Å². The lowest BCUT2D eigenvalue weighted by molar-refractivity contribution is 0.358. The van der Waals surface area contributed by atoms with E-state index in [0.717, 1.165) is 17.5 Å². The van der Waals surface area contributed by atoms with Crippen molar-refractivity contribution in [3.63, 3.8) is 0 Å². The number of aryl methyl sites for hydroxylation is 1. The van der Waals surface area contributed by atoms with Crippen molar-refractivity contribution >= 4 is 10.0 Å². The van der Waals surface area contributed by atoms with E-state index in [9.17, 15) is 8.42 Å². The number of hydrogen-bond donors (Lipinski definition) is 0. The average molecular weight is 369 g/mol. The monoisotopic (exact) mass is 369 g/mol. The highest BCUT2D eigenvalue weighted by Crippen LogP contribution is 2.35. The molecular formula is C19H19N3O3S. The summed E-state index contributed by atoms with van der Waals surface area (Å²) in [6.45, 7) is 2.46. The summed E-state index contributed by atoms with van der Waals surface area (Å²) < 4.78 is 32.8. The van der Waals surface area contributed by atoms with E-state index in [-0.39, 0.29) is 4.90 Å². The molecule has 1 atom stereocenters. The van der Waals surface area contributed by atoms with E-state index in [4.69, 9.17) is 4.52 Å². The zero-order chi connectivity index (χ0) is 18.1. The van der Waals surface area contributed by atoms with Crippen LogP contribution in [0.1, 0.15) is 30.3 Å². The summed E-state index contributed by atoms with van der Waals surface area (Å²) >= 11 is 0. The van der Waals surface area contributed by atoms with Crippen molar-refractivity contribution in [1.29, 1.82) is 0 Å². The predicted octanol–water partition coefficient (Wildman–Crippen LogP) is 3.57. The average Bonchev–Trinajstić information content (AvgIpc) is 3.32. The SMILES string of the molecule is Cc1ccc(-c2nc([C@@H]3CCCN3S(=O)(=O)c3ccccc3)no2)cc1. The second-order valence-corrected chi connectivity index (χ2v) is 8.30. The van der Waals surface area contributed by atoms with Gasteiger partial charge in [-0.25, -0.2) is 8.42 Å². The smallest absolute Gasteiger partial charge is 0.257 e. The number of benzene rings is 2. The third-order valence-corrected chi connectivity index (χ3v) is 6.51. The van der Waals surface area contributed by atoms with Crippen LogP contribution >= 0.6 is 0 Å². The van der Waals surface area contributed by atoms with Crippen molar-refractivity contribution in [2.45, 2.75) is 30.7 Å². The van der Waals surface area contributed by atoms with Crippen LogP contribution in [0, 0.1) is 6.92 Å². The highest BCUT2D eigenvalue weighted by molar-refractivity contribution is 7.89. The van der Waals surface area contributed by atoms with Gasteiger partial charge in [0.1, 0.15) is 0 Å². The summed E-state index contributed by atoms with van der Waals surface area (Å²) in [6, 6.07) is 15.8. The Balaban J connectivity index is 1.64. The molecule has 0 amide bonds. The highest BCUT2D eigenvalue weighted by Gasteiger charge is 2.38. The van der Waals surface area contributed by atoms with Crippen molar-refractivity contribution in [2.75, 3.05) is 6.54 Å². The van der Waals surface area contributed by atoms with E-state index >= 15 is 0 Å². The first-order valence-corrected chi connectivity index (χ1v) is 9.97. The van der Waals surface area contributed by atoms with Crippen LogP contribution in [0.2, 0.25) is 0 Å². The van der Waals surface area contributed by atoms with E-state index < -0.39 is 16.1 Å². The lowest BCUT2D eigenvalue weighted by Crippen LogP contribution is -2.31. The molecule has 1 fully saturated rings. The Morgan fingerprint density at radius 3 is 2.54 bits per heavy atom. The summed E-state index contributed by atoms with van der Waals surface area (Å²) in [4.78, 5) is 4.75. The van der Waals surface area contributed by atoms with Crippen LogP contribution in [0.4, 0.5) is 0 Å². The topological polar surface area (TPSA) is 76.3 Å². The molecule has 2 aromatic carbocycles. The number of rotatable bonds is 4. The van der Waals surface area contributed by atoms with Gasteiger partial charge in [-0.1, -0.05) is 41.1 Å². The number of hydrogen-bond acceptors (Lipinski definition) is 5. The second kappa shape index (κ2) is 6.66. The summed E-state index contributed by atoms with van der Waals surface area (Å²) in [5.41, 5.74) is 1.97. The zero-order valence-corrected chi connectivity index (χ0v) is 15.2. The maximum Gasteiger partial charge on any atom is 0.257 e. The van der Waals surface area contributed by atoms with Crippen molar-refractivity contribution in [2.24, 2.45) is 0 Å². The van der Waals surface area contributed by atoms with Gasteiger partial charge in [-0.05, 0) is 44.0 Å². The van der Waals surface area contributed by atoms with Crippen LogP contribution in [0.15, 0.2) is 64.0 Å². The van der Waals surface area contributed by atoms with Crippen molar-refractivity contribution in [1.82, 2.24) is 14.4 Å². The molecule has 4 rings (SSSR count). The predicted molar refractivity (Wildman–Crippen MR) is 96.8 cm³/mol. The van der Waals surface area contributed by atoms with Gasteiger partial charge in [0.05, 0.1) is 10.9 Å². The minimum Gasteiger partial charge on any atom is -0.334 e. The zero-order valence-electron chi connectivity index (χ0n) is 14.4. The lowest BCUT2D eigenvalue weighted by atomic mass is 10.1. The summed E-state index contributed by atoms with van der Waals surface area (Å²) in [6.07, 6.45) is 1.45. The molecule has 1 aliphatic heterocycles. The maximum atomic E-state index is 13.0. The fourth-order valence-corrected chi connectivity index (χ4v) is 4.87. The van der Waals surface area contributed by atoms with E-state index in [0.29, 0.717) is 24.7 Å². The van der Waals surface area contributed by atoms with E-state index in [1.54, 1.807) is 30.3 Å². The summed E-state index contributed by atoms with van der Waals surface area (Å²) in [5.74, 6) is 0.821. The fraction of sp³-hybridized carbons (Fsp3) is 0.263. The van der Waals surface area contributed by atoms with Crippen LogP contribution in [-0.4, -0.2) is 29.4 Å². The van der Waals surface area contributed by atoms with Crippen LogP contribution in [-0.2, 0) is 10.0 Å². The summed E-state index contributed by atoms with van der Waals surface area (Å²) in [5, 5.41) is 4.06. The minimum absolute atomic E-state index is 0.286. The molecular weight excluding hydrogens is 350 g/mol. The first kappa shape index (κ1) is 16.9. The van der Waals surface area contributed by atoms with Gasteiger partial charge in [-0.3, -0.25) is 0 Å². The molecule has 6 nitrogen and oxygen atoms in total. The van der Waals surface area contributed by atoms with Gasteiger partial charge in [-0.15, -0.1) is 0 Å². The second-order valence-electron chi connectivity index (χ2n) is 6.41. The van der Waals surface area contributed by atoms with Gasteiger partial charge in [0.15, 0.2) is 5.82 Å². The van der Waals surface area contributed by atoms with E-state index in [1.807, 2.05) is 31.2 Å². The fourth-order valence-electron chi connectivity index (χ4n) is 3.20. The number of nitrogens with zero attached hydrogens (tertiary/aromatic N) is 3. The van der Waals surface area contributed by atoms with Crippen molar-refractivity contribution < 1.29 is 12.9 Å². The molecule has 0 radical (unpaired) electrons. The Morgan fingerprint density at radius 1 is 1.08 bits per heavy atom. The molecule has 2 heterocycles. The summed E-state index contributed by atoms with van der Waals surface area (Å²) in [7, 11) is -3.59. The van der Waals surface area contributed by atoms with Gasteiger partial charge < -0.3 is 4.52 Å². The molecule has 0 spiro atoms. The van der Waals surface area contributed by atoms with Crippen LogP contribution in [0.3, 0.4) is 0 Å². The Bertz CT molecular complexity index is 998. The Hall–Kier alpha value is -2.51. The molecule has 1 aromatic heterocycles. The Labute approximate surface area is 152 Å². The molecule has 26 heavy (non-hydrogen) atoms. The lowest BCUT2D eigenvalue weighted by Gasteiger charge is -2.21. The number of sulfonamides is 1. The van der Waals surface area contributed by atoms with Gasteiger partial charge in [-0.2, -0.15) is 9.29 Å². The molecule has 1 aliphatic rings. The Morgan fingerprint density at radius 2 is 1.81 bits per heavy atom. The maximum absolute atomic E-state index is 13.0. The molecule has 7 heteroatoms. The molecule has 0 bridgehead atoms. The molecule has 0 unspecified atom stereocenters. The van der Waals surface area contributed by atoms with E-state index in [1.165, 1.54) is 4.31 Å². The van der Waals surface area contributed by atoms with Crippen LogP contribution < -0.4 is 0 Å². The van der Waals surface area contributed by atoms with Gasteiger partial charge in [0.25, 0.3) is 5.89 Å². The standard InChI is InChI=1S/C19H19N3O3S/c1-14-9-11-15(12-10-14)19-20-18(21-25-19)17-8-5-13-22(17)26(23,24)16-6-3-2-4-7-16/h2-4,6-7,9-12,17H,5,8,13H2,1H3/t17-/m0/s1. The molecule has 134 valence electrons. The van der Waals surface area contributed by atoms with Gasteiger partial charge in [0.2, 0.25) is 10.0 Å². The van der Waals surface area contributed by atoms with Crippen LogP contribution in [0.25, 0.3) is 11.5 Å². The first-order chi connectivity index (χ1) is 12.6. The quantitative estimate of drug-likeness (QED) is 0.703. The minimum atomic E-state index is -3.59. The molecule has 0 N–H and O–H groups in total. The van der Waals surface area contributed by atoms with Crippen LogP contribution in [0.5, 0.6) is 0 Å². The molecule has 0 saturated carbocycles. The third kappa shape index (κ3) is 3.04.